The van der Waals surface area contributed by atoms with E-state index >= 15 is 0 Å². The Hall–Kier alpha value is -5.73. The predicted octanol–water partition coefficient (Wildman–Crippen LogP) is 4.47. The van der Waals surface area contributed by atoms with E-state index in [1.807, 2.05) is 0 Å². The second-order valence-electron chi connectivity index (χ2n) is 9.50. The molecule has 1 saturated carbocycles. The van der Waals surface area contributed by atoms with E-state index in [0.29, 0.717) is 19.3 Å². The molecule has 42 heavy (non-hydrogen) atoms. The molecule has 15 nitrogen and oxygen atoms in total. The van der Waals surface area contributed by atoms with Gasteiger partial charge >= 0.3 is 0 Å². The minimum absolute atomic E-state index is 0.137. The number of phenolic OH excluding ortho intramolecular Hbond substituents is 3. The van der Waals surface area contributed by atoms with Crippen molar-refractivity contribution < 1.29 is 30.1 Å². The minimum atomic E-state index is -0.598. The molecule has 4 rings (SSSR count). The van der Waals surface area contributed by atoms with E-state index in [1.165, 1.54) is 55.0 Å². The summed E-state index contributed by atoms with van der Waals surface area (Å²) in [7, 11) is 0. The molecule has 3 N–H and O–H groups in total. The number of phenols is 3. The van der Waals surface area contributed by atoms with Gasteiger partial charge in [-0.2, -0.15) is 0 Å². The molecule has 0 aliphatic heterocycles. The van der Waals surface area contributed by atoms with E-state index in [9.17, 15) is 45.7 Å². The summed E-state index contributed by atoms with van der Waals surface area (Å²) in [6.45, 7) is 0. The van der Waals surface area contributed by atoms with Crippen LogP contribution in [0.4, 0.5) is 17.1 Å². The molecule has 0 amide bonds. The number of non-ortho nitro benzene ring substituents is 3. The summed E-state index contributed by atoms with van der Waals surface area (Å²) >= 11 is 0. The van der Waals surface area contributed by atoms with Crippen molar-refractivity contribution in [2.24, 2.45) is 15.0 Å². The van der Waals surface area contributed by atoms with Crippen LogP contribution in [0.15, 0.2) is 69.6 Å². The monoisotopic (exact) mass is 576 g/mol. The van der Waals surface area contributed by atoms with Crippen LogP contribution in [0.25, 0.3) is 0 Å². The van der Waals surface area contributed by atoms with Gasteiger partial charge in [-0.3, -0.25) is 45.3 Å². The molecule has 3 aromatic carbocycles. The first kappa shape index (κ1) is 29.3. The van der Waals surface area contributed by atoms with E-state index < -0.39 is 32.9 Å². The van der Waals surface area contributed by atoms with E-state index in [-0.39, 0.29) is 51.0 Å². The number of nitrogens with zero attached hydrogens (tertiary/aromatic N) is 6. The molecule has 15 heteroatoms. The van der Waals surface area contributed by atoms with Crippen molar-refractivity contribution in [2.45, 2.75) is 37.4 Å². The van der Waals surface area contributed by atoms with Crippen molar-refractivity contribution in [3.05, 3.63) is 102 Å². The smallest absolute Gasteiger partial charge is 0.270 e. The highest BCUT2D eigenvalue weighted by molar-refractivity contribution is 5.86. The molecule has 1 fully saturated rings. The van der Waals surface area contributed by atoms with Crippen LogP contribution in [0.3, 0.4) is 0 Å². The number of aliphatic imine (C=N–C) groups is 3. The fourth-order valence-corrected chi connectivity index (χ4v) is 4.43. The van der Waals surface area contributed by atoms with Gasteiger partial charge in [-0.25, -0.2) is 0 Å². The maximum absolute atomic E-state index is 11.1. The summed E-state index contributed by atoms with van der Waals surface area (Å²) in [6.07, 6.45) is 5.10. The highest BCUT2D eigenvalue weighted by Gasteiger charge is 2.28. The Morgan fingerprint density at radius 2 is 0.810 bits per heavy atom. The Kier molecular flexibility index (Phi) is 8.80. The molecule has 0 radical (unpaired) electrons. The third-order valence-electron chi connectivity index (χ3n) is 6.57. The number of benzene rings is 3. The first-order valence-electron chi connectivity index (χ1n) is 12.5. The molecular formula is C27H24N6O9. The van der Waals surface area contributed by atoms with E-state index in [4.69, 9.17) is 0 Å². The number of nitro groups is 3. The second kappa shape index (κ2) is 12.6. The van der Waals surface area contributed by atoms with Crippen molar-refractivity contribution in [1.82, 2.24) is 0 Å². The lowest BCUT2D eigenvalue weighted by atomic mass is 9.88. The molecule has 0 heterocycles. The lowest BCUT2D eigenvalue weighted by molar-refractivity contribution is -0.385. The zero-order valence-electron chi connectivity index (χ0n) is 21.8. The average molecular weight is 577 g/mol. The van der Waals surface area contributed by atoms with Gasteiger partial charge in [0.05, 0.1) is 32.9 Å². The van der Waals surface area contributed by atoms with Crippen LogP contribution in [0.2, 0.25) is 0 Å². The SMILES string of the molecule is O=[N+]([O-])c1ccc(O)c(C=NC2CC(N=Cc3cc([N+](=O)[O-])ccc3O)CC(N=Cc3cc([N+](=O)[O-])ccc3O)C2)c1. The van der Waals surface area contributed by atoms with Gasteiger partial charge < -0.3 is 15.3 Å². The summed E-state index contributed by atoms with van der Waals surface area (Å²) in [6, 6.07) is 9.32. The van der Waals surface area contributed by atoms with E-state index in [1.54, 1.807) is 0 Å². The van der Waals surface area contributed by atoms with Crippen LogP contribution < -0.4 is 0 Å². The molecule has 0 saturated heterocycles. The van der Waals surface area contributed by atoms with Crippen LogP contribution >= 0.6 is 0 Å². The van der Waals surface area contributed by atoms with Crippen LogP contribution in [0, 0.1) is 30.3 Å². The Morgan fingerprint density at radius 1 is 0.548 bits per heavy atom. The highest BCUT2D eigenvalue weighted by Crippen LogP contribution is 2.29. The van der Waals surface area contributed by atoms with E-state index in [2.05, 4.69) is 15.0 Å². The molecule has 0 atom stereocenters. The van der Waals surface area contributed by atoms with Crippen molar-refractivity contribution >= 4 is 35.7 Å². The van der Waals surface area contributed by atoms with Gasteiger partial charge in [-0.05, 0) is 37.5 Å². The molecule has 3 aromatic rings. The molecule has 0 spiro atoms. The van der Waals surface area contributed by atoms with Crippen molar-refractivity contribution in [3.63, 3.8) is 0 Å². The minimum Gasteiger partial charge on any atom is -0.507 e. The molecule has 1 aliphatic rings. The third kappa shape index (κ3) is 7.26. The summed E-state index contributed by atoms with van der Waals surface area (Å²) in [4.78, 5) is 45.1. The second-order valence-corrected chi connectivity index (χ2v) is 9.50. The van der Waals surface area contributed by atoms with Gasteiger partial charge in [0.15, 0.2) is 0 Å². The maximum Gasteiger partial charge on any atom is 0.270 e. The number of nitro benzene ring substituents is 3. The maximum atomic E-state index is 11.1. The molecule has 0 unspecified atom stereocenters. The molecular weight excluding hydrogens is 552 g/mol. The zero-order chi connectivity index (χ0) is 30.4. The van der Waals surface area contributed by atoms with Crippen LogP contribution in [0.1, 0.15) is 36.0 Å². The largest absolute Gasteiger partial charge is 0.507 e. The van der Waals surface area contributed by atoms with E-state index in [0.717, 1.165) is 18.2 Å². The number of rotatable bonds is 9. The standard InChI is InChI=1S/C27H24N6O9/c34-25-4-1-22(31(37)38)7-16(25)13-28-19-10-20(29-14-17-8-23(32(39)40)2-5-26(17)35)12-21(11-19)30-15-18-9-24(33(41)42)3-6-27(18)36/h1-9,13-15,19-21,34-36H,10-12H2. The lowest BCUT2D eigenvalue weighted by Crippen LogP contribution is -2.30. The summed E-state index contributed by atoms with van der Waals surface area (Å²) in [5, 5.41) is 63.8. The van der Waals surface area contributed by atoms with Gasteiger partial charge in [-0.15, -0.1) is 0 Å². The average Bonchev–Trinajstić information content (AvgIpc) is 2.95. The van der Waals surface area contributed by atoms with Crippen LogP contribution in [-0.2, 0) is 0 Å². The number of hydrogen-bond donors (Lipinski definition) is 3. The topological polar surface area (TPSA) is 227 Å². The predicted molar refractivity (Wildman–Crippen MR) is 152 cm³/mol. The summed E-state index contributed by atoms with van der Waals surface area (Å²) in [5.74, 6) is -0.607. The van der Waals surface area contributed by atoms with Gasteiger partial charge in [0.1, 0.15) is 17.2 Å². The first-order valence-corrected chi connectivity index (χ1v) is 12.5. The lowest BCUT2D eigenvalue weighted by Gasteiger charge is -2.29. The molecule has 1 aliphatic carbocycles. The fourth-order valence-electron chi connectivity index (χ4n) is 4.43. The molecule has 216 valence electrons. The number of aromatic hydroxyl groups is 3. The Balaban J connectivity index is 1.62. The van der Waals surface area contributed by atoms with Crippen LogP contribution in [-0.4, -0.2) is 66.9 Å². The van der Waals surface area contributed by atoms with Crippen LogP contribution in [0.5, 0.6) is 17.2 Å². The van der Waals surface area contributed by atoms with Gasteiger partial charge in [0.2, 0.25) is 0 Å². The quantitative estimate of drug-likeness (QED) is 0.185. The fraction of sp³-hybridized carbons (Fsp3) is 0.222. The molecule has 0 bridgehead atoms. The summed E-state index contributed by atoms with van der Waals surface area (Å²) in [5.41, 5.74) is -0.266. The third-order valence-corrected chi connectivity index (χ3v) is 6.57. The Morgan fingerprint density at radius 3 is 1.05 bits per heavy atom. The molecule has 0 aromatic heterocycles. The van der Waals surface area contributed by atoms with Crippen molar-refractivity contribution in [3.8, 4) is 17.2 Å². The van der Waals surface area contributed by atoms with Gasteiger partial charge in [0, 0.05) is 71.7 Å². The summed E-state index contributed by atoms with van der Waals surface area (Å²) < 4.78 is 0. The Labute approximate surface area is 237 Å². The normalized spacial score (nSPS) is 19.0. The number of hydrogen-bond acceptors (Lipinski definition) is 12. The van der Waals surface area contributed by atoms with Gasteiger partial charge in [0.25, 0.3) is 17.1 Å². The highest BCUT2D eigenvalue weighted by atomic mass is 16.6. The van der Waals surface area contributed by atoms with Crippen molar-refractivity contribution in [2.75, 3.05) is 0 Å². The van der Waals surface area contributed by atoms with Gasteiger partial charge in [-0.1, -0.05) is 0 Å². The Bertz CT molecular complexity index is 1430. The zero-order valence-corrected chi connectivity index (χ0v) is 21.8. The first-order chi connectivity index (χ1) is 20.0. The van der Waals surface area contributed by atoms with Crippen molar-refractivity contribution in [1.29, 1.82) is 0 Å².